The zero-order valence-corrected chi connectivity index (χ0v) is 11.2. The van der Waals surface area contributed by atoms with E-state index in [0.717, 1.165) is 13.0 Å². The molecule has 2 heteroatoms. The van der Waals surface area contributed by atoms with Crippen molar-refractivity contribution in [1.29, 1.82) is 0 Å². The third kappa shape index (κ3) is 2.24. The molecular weight excluding hydrogens is 234 g/mol. The Kier molecular flexibility index (Phi) is 3.26. The smallest absolute Gasteiger partial charge is 0.0799 e. The Labute approximate surface area is 114 Å². The van der Waals surface area contributed by atoms with Gasteiger partial charge in [-0.25, -0.2) is 0 Å². The van der Waals surface area contributed by atoms with Gasteiger partial charge in [-0.15, -0.1) is 0 Å². The molecule has 1 N–H and O–H groups in total. The van der Waals surface area contributed by atoms with Gasteiger partial charge in [0.2, 0.25) is 0 Å². The number of nitrogens with zero attached hydrogens (tertiary/aromatic N) is 1. The molecule has 0 aliphatic carbocycles. The lowest BCUT2D eigenvalue weighted by Crippen LogP contribution is -2.34. The maximum absolute atomic E-state index is 10.2. The van der Waals surface area contributed by atoms with Gasteiger partial charge in [-0.2, -0.15) is 0 Å². The highest BCUT2D eigenvalue weighted by Gasteiger charge is 2.29. The number of hydrogen-bond acceptors (Lipinski definition) is 2. The number of aliphatic hydroxyl groups excluding tert-OH is 1. The van der Waals surface area contributed by atoms with Crippen molar-refractivity contribution < 1.29 is 5.11 Å². The Morgan fingerprint density at radius 2 is 1.68 bits per heavy atom. The normalized spacial score (nSPS) is 17.1. The van der Waals surface area contributed by atoms with E-state index in [-0.39, 0.29) is 6.04 Å². The lowest BCUT2D eigenvalue weighted by molar-refractivity contribution is 0.160. The number of hydrogen-bond donors (Lipinski definition) is 1. The molecule has 1 aliphatic heterocycles. The fourth-order valence-electron chi connectivity index (χ4n) is 3.02. The van der Waals surface area contributed by atoms with Crippen LogP contribution in [0.25, 0.3) is 0 Å². The fraction of sp³-hybridized carbons (Fsp3) is 0.294. The van der Waals surface area contributed by atoms with Gasteiger partial charge in [-0.1, -0.05) is 48.5 Å². The molecule has 1 aliphatic rings. The van der Waals surface area contributed by atoms with Crippen molar-refractivity contribution in [2.75, 3.05) is 11.4 Å². The van der Waals surface area contributed by atoms with Crippen LogP contribution in [0.4, 0.5) is 5.69 Å². The predicted octanol–water partition coefficient (Wildman–Crippen LogP) is 3.17. The second kappa shape index (κ2) is 5.06. The molecule has 2 aromatic rings. The van der Waals surface area contributed by atoms with Crippen LogP contribution in [0.1, 0.15) is 24.1 Å². The van der Waals surface area contributed by atoms with Crippen molar-refractivity contribution in [3.05, 3.63) is 65.7 Å². The Morgan fingerprint density at radius 3 is 2.42 bits per heavy atom. The number of anilines is 1. The fourth-order valence-corrected chi connectivity index (χ4v) is 3.02. The molecule has 0 unspecified atom stereocenters. The molecule has 0 fully saturated rings. The van der Waals surface area contributed by atoms with Gasteiger partial charge >= 0.3 is 0 Å². The summed E-state index contributed by atoms with van der Waals surface area (Å²) in [5, 5.41) is 10.2. The summed E-state index contributed by atoms with van der Waals surface area (Å²) in [4.78, 5) is 2.33. The molecule has 0 saturated heterocycles. The Hall–Kier alpha value is -1.80. The summed E-state index contributed by atoms with van der Waals surface area (Å²) < 4.78 is 0. The highest BCUT2D eigenvalue weighted by Crippen LogP contribution is 2.36. The molecule has 2 atom stereocenters. The summed E-state index contributed by atoms with van der Waals surface area (Å²) in [5.41, 5.74) is 3.82. The molecule has 2 aromatic carbocycles. The minimum absolute atomic E-state index is 0.0323. The zero-order valence-electron chi connectivity index (χ0n) is 11.2. The second-order valence-corrected chi connectivity index (χ2v) is 5.17. The molecule has 2 nitrogen and oxygen atoms in total. The summed E-state index contributed by atoms with van der Waals surface area (Å²) >= 11 is 0. The van der Waals surface area contributed by atoms with E-state index in [2.05, 4.69) is 41.3 Å². The average molecular weight is 253 g/mol. The van der Waals surface area contributed by atoms with Gasteiger partial charge in [-0.05, 0) is 30.5 Å². The molecule has 0 saturated carbocycles. The van der Waals surface area contributed by atoms with Gasteiger partial charge in [-0.3, -0.25) is 0 Å². The summed E-state index contributed by atoms with van der Waals surface area (Å²) in [6, 6.07) is 18.8. The minimum Gasteiger partial charge on any atom is -0.391 e. The molecule has 0 radical (unpaired) electrons. The maximum atomic E-state index is 10.2. The first-order valence-corrected chi connectivity index (χ1v) is 6.85. The van der Waals surface area contributed by atoms with E-state index in [1.807, 2.05) is 25.1 Å². The van der Waals surface area contributed by atoms with Crippen LogP contribution in [0.2, 0.25) is 0 Å². The van der Waals surface area contributed by atoms with Gasteiger partial charge in [0.25, 0.3) is 0 Å². The maximum Gasteiger partial charge on any atom is 0.0799 e. The minimum atomic E-state index is -0.395. The molecule has 1 heterocycles. The first kappa shape index (κ1) is 12.2. The molecule has 0 spiro atoms. The number of rotatable bonds is 3. The molecule has 98 valence electrons. The molecule has 0 amide bonds. The van der Waals surface area contributed by atoms with Crippen LogP contribution in [0.5, 0.6) is 0 Å². The van der Waals surface area contributed by atoms with Gasteiger partial charge in [0.15, 0.2) is 0 Å². The zero-order chi connectivity index (χ0) is 13.2. The van der Waals surface area contributed by atoms with Crippen LogP contribution in [0, 0.1) is 0 Å². The first-order valence-electron chi connectivity index (χ1n) is 6.85. The third-order valence-corrected chi connectivity index (χ3v) is 3.86. The monoisotopic (exact) mass is 253 g/mol. The van der Waals surface area contributed by atoms with Crippen LogP contribution in [-0.2, 0) is 6.42 Å². The number of fused-ring (bicyclic) bond motifs is 1. The third-order valence-electron chi connectivity index (χ3n) is 3.86. The average Bonchev–Trinajstić information content (AvgIpc) is 2.84. The standard InChI is InChI=1S/C17H19NO/c1-13(19)17(15-8-3-2-4-9-15)18-12-11-14-7-5-6-10-16(14)18/h2-10,13,17,19H,11-12H2,1H3/t13-,17-/m0/s1. The van der Waals surface area contributed by atoms with E-state index in [1.165, 1.54) is 16.8 Å². The highest BCUT2D eigenvalue weighted by molar-refractivity contribution is 5.59. The lowest BCUT2D eigenvalue weighted by atomic mass is 10.0. The van der Waals surface area contributed by atoms with Gasteiger partial charge in [0, 0.05) is 12.2 Å². The van der Waals surface area contributed by atoms with E-state index >= 15 is 0 Å². The van der Waals surface area contributed by atoms with Crippen molar-refractivity contribution in [2.45, 2.75) is 25.5 Å². The van der Waals surface area contributed by atoms with Gasteiger partial charge in [0.05, 0.1) is 12.1 Å². The van der Waals surface area contributed by atoms with Crippen LogP contribution < -0.4 is 4.90 Å². The van der Waals surface area contributed by atoms with E-state index < -0.39 is 6.10 Å². The van der Waals surface area contributed by atoms with Crippen molar-refractivity contribution >= 4 is 5.69 Å². The van der Waals surface area contributed by atoms with E-state index in [1.54, 1.807) is 0 Å². The Balaban J connectivity index is 1.99. The van der Waals surface area contributed by atoms with Crippen LogP contribution in [0.15, 0.2) is 54.6 Å². The lowest BCUT2D eigenvalue weighted by Gasteiger charge is -2.33. The van der Waals surface area contributed by atoms with E-state index in [4.69, 9.17) is 0 Å². The Morgan fingerprint density at radius 1 is 1.00 bits per heavy atom. The van der Waals surface area contributed by atoms with Crippen molar-refractivity contribution in [1.82, 2.24) is 0 Å². The van der Waals surface area contributed by atoms with Crippen molar-refractivity contribution in [3.63, 3.8) is 0 Å². The number of para-hydroxylation sites is 1. The van der Waals surface area contributed by atoms with Gasteiger partial charge < -0.3 is 10.0 Å². The number of benzene rings is 2. The summed E-state index contributed by atoms with van der Waals surface area (Å²) in [5.74, 6) is 0. The summed E-state index contributed by atoms with van der Waals surface area (Å²) in [6.07, 6.45) is 0.667. The van der Waals surface area contributed by atoms with Crippen molar-refractivity contribution in [2.24, 2.45) is 0 Å². The quantitative estimate of drug-likeness (QED) is 0.908. The first-order chi connectivity index (χ1) is 9.27. The summed E-state index contributed by atoms with van der Waals surface area (Å²) in [7, 11) is 0. The van der Waals surface area contributed by atoms with Crippen LogP contribution in [0.3, 0.4) is 0 Å². The molecule has 19 heavy (non-hydrogen) atoms. The molecule has 0 aromatic heterocycles. The van der Waals surface area contributed by atoms with Crippen molar-refractivity contribution in [3.8, 4) is 0 Å². The summed E-state index contributed by atoms with van der Waals surface area (Å²) in [6.45, 7) is 2.85. The molecule has 3 rings (SSSR count). The predicted molar refractivity (Wildman–Crippen MR) is 78.4 cm³/mol. The SMILES string of the molecule is C[C@H](O)[C@@H](c1ccccc1)N1CCc2ccccc21. The van der Waals surface area contributed by atoms with Gasteiger partial charge in [0.1, 0.15) is 0 Å². The molecule has 0 bridgehead atoms. The second-order valence-electron chi connectivity index (χ2n) is 5.17. The van der Waals surface area contributed by atoms with Crippen LogP contribution in [-0.4, -0.2) is 17.8 Å². The topological polar surface area (TPSA) is 23.5 Å². The largest absolute Gasteiger partial charge is 0.391 e. The number of aliphatic hydroxyl groups is 1. The van der Waals surface area contributed by atoms with E-state index in [0.29, 0.717) is 0 Å². The highest BCUT2D eigenvalue weighted by atomic mass is 16.3. The van der Waals surface area contributed by atoms with Crippen LogP contribution >= 0.6 is 0 Å². The Bertz CT molecular complexity index is 550. The van der Waals surface area contributed by atoms with E-state index in [9.17, 15) is 5.11 Å². The molecular formula is C17H19NO.